The van der Waals surface area contributed by atoms with Crippen LogP contribution in [0.25, 0.3) is 140 Å². The zero-order valence-corrected chi connectivity index (χ0v) is 36.3. The Hall–Kier alpha value is -7.74. The average Bonchev–Trinajstić information content (AvgIpc) is 3.93. The summed E-state index contributed by atoms with van der Waals surface area (Å²) in [6.07, 6.45) is 0. The fourth-order valence-corrected chi connectivity index (χ4v) is 13.5. The number of benzene rings is 12. The summed E-state index contributed by atoms with van der Waals surface area (Å²) in [4.78, 5) is 0. The second-order valence-electron chi connectivity index (χ2n) is 17.0. The Bertz CT molecular complexity index is 4130. The Kier molecular flexibility index (Phi) is 7.77. The van der Waals surface area contributed by atoms with E-state index >= 15 is 0 Å². The van der Waals surface area contributed by atoms with Gasteiger partial charge in [-0.25, -0.2) is 0 Å². The first-order chi connectivity index (χ1) is 31.8. The summed E-state index contributed by atoms with van der Waals surface area (Å²) in [6.45, 7) is 0. The van der Waals surface area contributed by atoms with Crippen LogP contribution in [0.1, 0.15) is 0 Å². The van der Waals surface area contributed by atoms with Crippen molar-refractivity contribution in [3.63, 3.8) is 0 Å². The van der Waals surface area contributed by atoms with Gasteiger partial charge in [0.15, 0.2) is 0 Å². The number of hydrogen-bond acceptors (Lipinski definition) is 1. The molecule has 0 aliphatic heterocycles. The van der Waals surface area contributed by atoms with Gasteiger partial charge in [-0.05, 0) is 16.8 Å². The van der Waals surface area contributed by atoms with E-state index in [4.69, 9.17) is 4.42 Å². The van der Waals surface area contributed by atoms with Gasteiger partial charge in [0.1, 0.15) is 5.58 Å². The molecule has 64 heavy (non-hydrogen) atoms. The van der Waals surface area contributed by atoms with Crippen LogP contribution in [0.4, 0.5) is 0 Å². The van der Waals surface area contributed by atoms with Crippen molar-refractivity contribution in [3.05, 3.63) is 218 Å². The van der Waals surface area contributed by atoms with E-state index in [0.29, 0.717) is 0 Å². The summed E-state index contributed by atoms with van der Waals surface area (Å²) < 4.78 is 9.36. The summed E-state index contributed by atoms with van der Waals surface area (Å²) in [5, 5.41) is 17.7. The molecule has 0 radical (unpaired) electrons. The van der Waals surface area contributed by atoms with Gasteiger partial charge in [-0.3, -0.25) is 0 Å². The Morgan fingerprint density at radius 3 is 1.36 bits per heavy atom. The van der Waals surface area contributed by atoms with E-state index in [-0.39, 0.29) is 14.5 Å². The third-order valence-electron chi connectivity index (χ3n) is 13.6. The van der Waals surface area contributed by atoms with Crippen LogP contribution in [-0.2, 0) is 0 Å². The minimum atomic E-state index is 0.134. The average molecular weight is 876 g/mol. The number of fused-ring (bicyclic) bond motifs is 12. The minimum absolute atomic E-state index is 0.134. The van der Waals surface area contributed by atoms with Gasteiger partial charge in [0.2, 0.25) is 0 Å². The molecule has 0 aliphatic rings. The van der Waals surface area contributed by atoms with Crippen LogP contribution in [0.2, 0.25) is 0 Å². The summed E-state index contributed by atoms with van der Waals surface area (Å²) in [6, 6.07) is 80.9. The number of furan rings is 1. The van der Waals surface area contributed by atoms with Crippen molar-refractivity contribution in [1.29, 1.82) is 0 Å². The maximum atomic E-state index is 6.46. The van der Waals surface area contributed by atoms with Crippen molar-refractivity contribution >= 4 is 110 Å². The van der Waals surface area contributed by atoms with E-state index in [9.17, 15) is 0 Å². The Morgan fingerprint density at radius 2 is 0.750 bits per heavy atom. The fraction of sp³-hybridized carbons (Fsp3) is 0. The SMILES string of the molecule is c1ccc(-c2c3ccccc3c(-c3cccc4c3[se]c3ccc(-c5c6ccccc6c(-c6ccc7oc8ccc9ccccc9c8c7c6)c6ccccc56)cc34)c3ccccc23)cc1. The van der Waals surface area contributed by atoms with Crippen LogP contribution in [-0.4, -0.2) is 14.5 Å². The van der Waals surface area contributed by atoms with Crippen LogP contribution >= 0.6 is 0 Å². The fourth-order valence-electron chi connectivity index (χ4n) is 10.9. The van der Waals surface area contributed by atoms with Gasteiger partial charge in [-0.1, -0.05) is 30.3 Å². The summed E-state index contributed by atoms with van der Waals surface area (Å²) in [5.41, 5.74) is 12.0. The maximum absolute atomic E-state index is 6.46. The van der Waals surface area contributed by atoms with Gasteiger partial charge in [0, 0.05) is 0 Å². The molecule has 0 aliphatic carbocycles. The molecule has 12 aromatic carbocycles. The van der Waals surface area contributed by atoms with Gasteiger partial charge < -0.3 is 4.42 Å². The summed E-state index contributed by atoms with van der Waals surface area (Å²) >= 11 is 0.134. The zero-order valence-electron chi connectivity index (χ0n) is 34.6. The van der Waals surface area contributed by atoms with Crippen LogP contribution in [0, 0.1) is 0 Å². The molecular weight excluding hydrogens is 840 g/mol. The van der Waals surface area contributed by atoms with Gasteiger partial charge in [0.05, 0.1) is 0 Å². The predicted molar refractivity (Wildman–Crippen MR) is 275 cm³/mol. The topological polar surface area (TPSA) is 13.1 Å². The van der Waals surface area contributed by atoms with Gasteiger partial charge in [-0.15, -0.1) is 0 Å². The second-order valence-corrected chi connectivity index (χ2v) is 19.2. The van der Waals surface area contributed by atoms with Gasteiger partial charge in [0.25, 0.3) is 0 Å². The van der Waals surface area contributed by atoms with Crippen LogP contribution in [0.5, 0.6) is 0 Å². The molecule has 2 heterocycles. The molecule has 0 bridgehead atoms. The molecule has 0 N–H and O–H groups in total. The molecule has 14 aromatic rings. The van der Waals surface area contributed by atoms with E-state index in [0.717, 1.165) is 16.6 Å². The molecule has 1 nitrogen and oxygen atoms in total. The second kappa shape index (κ2) is 13.9. The molecule has 2 aromatic heterocycles. The number of hydrogen-bond donors (Lipinski definition) is 0. The van der Waals surface area contributed by atoms with E-state index in [2.05, 4.69) is 218 Å². The third-order valence-corrected chi connectivity index (χ3v) is 16.2. The predicted octanol–water partition coefficient (Wildman–Crippen LogP) is 17.4. The Balaban J connectivity index is 0.990. The number of rotatable bonds is 4. The van der Waals surface area contributed by atoms with Crippen molar-refractivity contribution in [2.45, 2.75) is 0 Å². The molecule has 0 fully saturated rings. The van der Waals surface area contributed by atoms with Crippen LogP contribution < -0.4 is 0 Å². The van der Waals surface area contributed by atoms with Gasteiger partial charge >= 0.3 is 320 Å². The summed E-state index contributed by atoms with van der Waals surface area (Å²) in [7, 11) is 0. The Labute approximate surface area is 374 Å². The van der Waals surface area contributed by atoms with Crippen molar-refractivity contribution in [3.8, 4) is 44.5 Å². The molecule has 2 heteroatoms. The zero-order chi connectivity index (χ0) is 41.9. The van der Waals surface area contributed by atoms with Crippen molar-refractivity contribution in [1.82, 2.24) is 0 Å². The molecule has 14 rings (SSSR count). The molecule has 0 saturated carbocycles. The first kappa shape index (κ1) is 35.8. The molecule has 0 saturated heterocycles. The van der Waals surface area contributed by atoms with E-state index in [1.165, 1.54) is 123 Å². The summed E-state index contributed by atoms with van der Waals surface area (Å²) in [5.74, 6) is 0. The van der Waals surface area contributed by atoms with Crippen molar-refractivity contribution in [2.75, 3.05) is 0 Å². The van der Waals surface area contributed by atoms with Crippen LogP contribution in [0.15, 0.2) is 223 Å². The first-order valence-electron chi connectivity index (χ1n) is 22.0. The molecule has 0 atom stereocenters. The quantitative estimate of drug-likeness (QED) is 0.127. The molecule has 0 amide bonds. The monoisotopic (exact) mass is 876 g/mol. The molecule has 0 spiro atoms. The third kappa shape index (κ3) is 5.19. The van der Waals surface area contributed by atoms with Gasteiger partial charge in [-0.2, -0.15) is 0 Å². The van der Waals surface area contributed by atoms with E-state index < -0.39 is 0 Å². The molecule has 0 unspecified atom stereocenters. The molecule has 296 valence electrons. The van der Waals surface area contributed by atoms with Crippen LogP contribution in [0.3, 0.4) is 0 Å². The Morgan fingerprint density at radius 1 is 0.281 bits per heavy atom. The van der Waals surface area contributed by atoms with E-state index in [1.807, 2.05) is 0 Å². The van der Waals surface area contributed by atoms with Crippen molar-refractivity contribution < 1.29 is 4.42 Å². The standard InChI is InChI=1S/C62H36OSe/c1-2-16-38(17-3-1)57-46-23-10-12-25-48(46)60(49-26-13-11-24-47(49)57)51-28-14-27-50-52-35-40(31-34-56(52)64-62(50)51)59-44-21-8-6-19-42(44)58(43-20-7-9-22-45(43)59)39-30-32-54-53(36-39)61-41-18-5-4-15-37(41)29-33-55(61)63-54/h1-36H. The molecular formula is C62H36OSe. The first-order valence-corrected chi connectivity index (χ1v) is 23.7. The normalized spacial score (nSPS) is 12.1. The van der Waals surface area contributed by atoms with E-state index in [1.54, 1.807) is 0 Å². The van der Waals surface area contributed by atoms with Crippen molar-refractivity contribution in [2.24, 2.45) is 0 Å².